The quantitative estimate of drug-likeness (QED) is 0.226. The number of benzene rings is 1. The van der Waals surface area contributed by atoms with Gasteiger partial charge in [0.05, 0.1) is 17.1 Å². The first kappa shape index (κ1) is 28.8. The largest absolute Gasteiger partial charge is 0.455 e. The van der Waals surface area contributed by atoms with E-state index in [2.05, 4.69) is 26.5 Å². The van der Waals surface area contributed by atoms with E-state index in [1.807, 2.05) is 13.0 Å². The molecule has 210 valence electrons. The minimum Gasteiger partial charge on any atom is -0.455 e. The maximum atomic E-state index is 13.1. The van der Waals surface area contributed by atoms with E-state index in [1.165, 1.54) is 13.8 Å². The standard InChI is InChI=1S/C31H38O8/c1-7-18(2)13-14-30(6)19(3)15-26(34)31-24(28(36-20(4)32)39-29(31)37-21(5)33)16-23(17-25(30)31)38-27(35)22-11-9-8-10-12-22/h7-13,16,19,23,25-26,28-29,34H,1,14-15,17H2,2-6H3/b18-13+/t19-,23+,25+,26+,28+,29+,30-,31?/m1/s1. The highest BCUT2D eigenvalue weighted by Crippen LogP contribution is 2.67. The van der Waals surface area contributed by atoms with Crippen LogP contribution in [0.3, 0.4) is 0 Å². The molecule has 0 aromatic heterocycles. The Labute approximate surface area is 229 Å². The zero-order chi connectivity index (χ0) is 28.5. The fraction of sp³-hybridized carbons (Fsp3) is 0.516. The second kappa shape index (κ2) is 11.1. The lowest BCUT2D eigenvalue weighted by Gasteiger charge is -2.60. The van der Waals surface area contributed by atoms with Crippen molar-refractivity contribution < 1.29 is 38.4 Å². The Balaban J connectivity index is 1.87. The van der Waals surface area contributed by atoms with Crippen LogP contribution in [0.2, 0.25) is 0 Å². The van der Waals surface area contributed by atoms with Crippen molar-refractivity contribution in [1.82, 2.24) is 0 Å². The Kier molecular flexibility index (Phi) is 8.19. The molecule has 4 rings (SSSR count). The minimum atomic E-state index is -1.20. The van der Waals surface area contributed by atoms with Gasteiger partial charge in [-0.05, 0) is 61.6 Å². The van der Waals surface area contributed by atoms with E-state index in [-0.39, 0.29) is 11.8 Å². The molecule has 8 nitrogen and oxygen atoms in total. The van der Waals surface area contributed by atoms with Gasteiger partial charge < -0.3 is 19.3 Å². The first-order chi connectivity index (χ1) is 18.4. The Morgan fingerprint density at radius 3 is 2.36 bits per heavy atom. The molecule has 1 saturated carbocycles. The molecule has 1 heterocycles. The molecule has 1 unspecified atom stereocenters. The third-order valence-electron chi connectivity index (χ3n) is 8.85. The predicted octanol–water partition coefficient (Wildman–Crippen LogP) is 4.88. The molecule has 8 heteroatoms. The highest BCUT2D eigenvalue weighted by Gasteiger charge is 2.71. The molecule has 1 spiro atoms. The van der Waals surface area contributed by atoms with Gasteiger partial charge in [0.1, 0.15) is 6.10 Å². The molecule has 0 bridgehead atoms. The topological polar surface area (TPSA) is 108 Å². The number of carbonyl (C=O) groups is 3. The van der Waals surface area contributed by atoms with E-state index in [0.29, 0.717) is 30.4 Å². The van der Waals surface area contributed by atoms with Gasteiger partial charge in [-0.3, -0.25) is 14.3 Å². The van der Waals surface area contributed by atoms with Crippen LogP contribution in [0.25, 0.3) is 0 Å². The van der Waals surface area contributed by atoms with Crippen LogP contribution in [0.15, 0.2) is 66.3 Å². The van der Waals surface area contributed by atoms with Crippen molar-refractivity contribution in [3.05, 3.63) is 71.8 Å². The molecular formula is C31H38O8. The van der Waals surface area contributed by atoms with Crippen LogP contribution in [0.1, 0.15) is 64.2 Å². The Morgan fingerprint density at radius 2 is 1.74 bits per heavy atom. The number of aliphatic hydroxyl groups excluding tert-OH is 1. The summed E-state index contributed by atoms with van der Waals surface area (Å²) in [6.45, 7) is 12.6. The minimum absolute atomic E-state index is 0.0487. The molecule has 39 heavy (non-hydrogen) atoms. The van der Waals surface area contributed by atoms with Crippen LogP contribution < -0.4 is 0 Å². The average Bonchev–Trinajstić information content (AvgIpc) is 3.18. The highest BCUT2D eigenvalue weighted by molar-refractivity contribution is 5.89. The van der Waals surface area contributed by atoms with E-state index in [9.17, 15) is 19.5 Å². The van der Waals surface area contributed by atoms with Crippen LogP contribution >= 0.6 is 0 Å². The van der Waals surface area contributed by atoms with Crippen molar-refractivity contribution in [3.8, 4) is 0 Å². The van der Waals surface area contributed by atoms with Crippen molar-refractivity contribution in [2.45, 2.75) is 78.7 Å². The van der Waals surface area contributed by atoms with Crippen molar-refractivity contribution >= 4 is 17.9 Å². The van der Waals surface area contributed by atoms with Gasteiger partial charge in [0, 0.05) is 19.4 Å². The van der Waals surface area contributed by atoms with E-state index in [0.717, 1.165) is 5.57 Å². The zero-order valence-electron chi connectivity index (χ0n) is 23.2. The van der Waals surface area contributed by atoms with E-state index in [4.69, 9.17) is 18.9 Å². The molecule has 1 aromatic rings. The van der Waals surface area contributed by atoms with Crippen molar-refractivity contribution in [2.24, 2.45) is 22.7 Å². The SMILES string of the molecule is C=C/C(C)=C/C[C@]1(C)[C@H](C)C[C@H](O)C23C(=C[C@H](OC(=O)c4ccccc4)C[C@H]21)[C@@H](OC(C)=O)O[C@@H]3OC(C)=O. The normalized spacial score (nSPS) is 35.6. The smallest absolute Gasteiger partial charge is 0.338 e. The second-order valence-electron chi connectivity index (χ2n) is 11.2. The van der Waals surface area contributed by atoms with E-state index in [1.54, 1.807) is 36.4 Å². The monoisotopic (exact) mass is 538 g/mol. The van der Waals surface area contributed by atoms with E-state index < -0.39 is 53.5 Å². The van der Waals surface area contributed by atoms with Crippen LogP contribution in [-0.2, 0) is 28.5 Å². The summed E-state index contributed by atoms with van der Waals surface area (Å²) >= 11 is 0. The van der Waals surface area contributed by atoms with Crippen molar-refractivity contribution in [3.63, 3.8) is 0 Å². The molecule has 1 aromatic carbocycles. The molecular weight excluding hydrogens is 500 g/mol. The number of allylic oxidation sites excluding steroid dienone is 3. The summed E-state index contributed by atoms with van der Waals surface area (Å²) in [5.74, 6) is -1.98. The maximum Gasteiger partial charge on any atom is 0.338 e. The van der Waals surface area contributed by atoms with Gasteiger partial charge in [-0.25, -0.2) is 4.79 Å². The lowest BCUT2D eigenvalue weighted by molar-refractivity contribution is -0.253. The number of esters is 3. The van der Waals surface area contributed by atoms with Crippen molar-refractivity contribution in [1.29, 1.82) is 0 Å². The Morgan fingerprint density at radius 1 is 1.08 bits per heavy atom. The predicted molar refractivity (Wildman–Crippen MR) is 143 cm³/mol. The summed E-state index contributed by atoms with van der Waals surface area (Å²) < 4.78 is 23.3. The summed E-state index contributed by atoms with van der Waals surface area (Å²) in [7, 11) is 0. The van der Waals surface area contributed by atoms with E-state index >= 15 is 0 Å². The first-order valence-corrected chi connectivity index (χ1v) is 13.4. The summed E-state index contributed by atoms with van der Waals surface area (Å²) in [4.78, 5) is 37.4. The van der Waals surface area contributed by atoms with Gasteiger partial charge in [-0.15, -0.1) is 0 Å². The van der Waals surface area contributed by atoms with Crippen LogP contribution in [0.5, 0.6) is 0 Å². The van der Waals surface area contributed by atoms with Crippen LogP contribution in [0, 0.1) is 22.7 Å². The number of carbonyl (C=O) groups excluding carboxylic acids is 3. The van der Waals surface area contributed by atoms with Gasteiger partial charge >= 0.3 is 17.9 Å². The van der Waals surface area contributed by atoms with Gasteiger partial charge in [-0.1, -0.05) is 56.4 Å². The molecule has 2 fully saturated rings. The fourth-order valence-electron chi connectivity index (χ4n) is 6.65. The average molecular weight is 539 g/mol. The molecule has 0 radical (unpaired) electrons. The molecule has 0 amide bonds. The summed E-state index contributed by atoms with van der Waals surface area (Å²) in [6, 6.07) is 8.70. The Hall–Kier alpha value is -3.23. The summed E-state index contributed by atoms with van der Waals surface area (Å²) in [6.07, 6.45) is 2.97. The number of ether oxygens (including phenoxy) is 4. The zero-order valence-corrected chi connectivity index (χ0v) is 23.2. The molecule has 2 aliphatic carbocycles. The summed E-state index contributed by atoms with van der Waals surface area (Å²) in [5, 5.41) is 11.8. The van der Waals surface area contributed by atoms with Gasteiger partial charge in [0.2, 0.25) is 12.6 Å². The lowest BCUT2D eigenvalue weighted by atomic mass is 9.45. The molecule has 1 aliphatic heterocycles. The summed E-state index contributed by atoms with van der Waals surface area (Å²) in [5.41, 5.74) is 0.251. The fourth-order valence-corrected chi connectivity index (χ4v) is 6.65. The third-order valence-corrected chi connectivity index (χ3v) is 8.85. The number of hydrogen-bond acceptors (Lipinski definition) is 8. The number of rotatable bonds is 7. The van der Waals surface area contributed by atoms with Crippen LogP contribution in [0.4, 0.5) is 0 Å². The van der Waals surface area contributed by atoms with Gasteiger partial charge in [0.25, 0.3) is 0 Å². The highest BCUT2D eigenvalue weighted by atomic mass is 16.8. The number of aliphatic hydroxyl groups is 1. The van der Waals surface area contributed by atoms with Gasteiger partial charge in [-0.2, -0.15) is 0 Å². The lowest BCUT2D eigenvalue weighted by Crippen LogP contribution is -2.63. The molecule has 1 saturated heterocycles. The second-order valence-corrected chi connectivity index (χ2v) is 11.2. The van der Waals surface area contributed by atoms with Gasteiger partial charge in [0.15, 0.2) is 0 Å². The van der Waals surface area contributed by atoms with Crippen molar-refractivity contribution in [2.75, 3.05) is 0 Å². The molecule has 8 atom stereocenters. The van der Waals surface area contributed by atoms with Crippen LogP contribution in [-0.4, -0.2) is 47.8 Å². The Bertz CT molecular complexity index is 1190. The third kappa shape index (κ3) is 5.20. The first-order valence-electron chi connectivity index (χ1n) is 13.4. The molecule has 1 N–H and O–H groups in total. The maximum absolute atomic E-state index is 13.1. The number of hydrogen-bond donors (Lipinski definition) is 1. The molecule has 3 aliphatic rings.